The van der Waals surface area contributed by atoms with Crippen LogP contribution in [0.15, 0.2) is 0 Å². The van der Waals surface area contributed by atoms with Crippen molar-refractivity contribution in [3.8, 4) is 0 Å². The van der Waals surface area contributed by atoms with Gasteiger partial charge in [-0.3, -0.25) is 0 Å². The summed E-state index contributed by atoms with van der Waals surface area (Å²) in [6.45, 7) is -0.337. The molecule has 0 aromatic carbocycles. The molecule has 1 heterocycles. The van der Waals surface area contributed by atoms with Crippen LogP contribution >= 0.6 is 0 Å². The van der Waals surface area contributed by atoms with E-state index in [4.69, 9.17) is 15.3 Å². The van der Waals surface area contributed by atoms with Crippen LogP contribution in [0, 0.1) is 0 Å². The van der Waals surface area contributed by atoms with E-state index < -0.39 is 18.3 Å². The fourth-order valence-corrected chi connectivity index (χ4v) is 3.80. The van der Waals surface area contributed by atoms with Gasteiger partial charge in [0, 0.05) is 0 Å². The molecule has 0 amide bonds. The Morgan fingerprint density at radius 2 is 2.09 bits per heavy atom. The molecule has 5 heteroatoms. The summed E-state index contributed by atoms with van der Waals surface area (Å²) in [5, 5.41) is 36.6. The van der Waals surface area contributed by atoms with E-state index in [0.29, 0.717) is 5.32 Å². The molecule has 0 aliphatic carbocycles. The number of hydrogen-bond acceptors (Lipinski definition) is 4. The molecule has 0 aromatic rings. The van der Waals surface area contributed by atoms with Crippen LogP contribution in [-0.2, 0) is 0 Å². The summed E-state index contributed by atoms with van der Waals surface area (Å²) in [6, 6.07) is 0. The Morgan fingerprint density at radius 3 is 2.45 bits per heavy atom. The van der Waals surface area contributed by atoms with Crippen molar-refractivity contribution in [2.45, 2.75) is 28.4 Å². The van der Waals surface area contributed by atoms with Crippen LogP contribution in [-0.4, -0.2) is 60.3 Å². The number of hydrogen-bond donors (Lipinski definition) is 4. The molecule has 0 aromatic heterocycles. The van der Waals surface area contributed by atoms with Gasteiger partial charge in [0.05, 0.1) is 0 Å². The molecule has 1 saturated heterocycles. The van der Waals surface area contributed by atoms with Gasteiger partial charge in [-0.2, -0.15) is 0 Å². The zero-order valence-corrected chi connectivity index (χ0v) is 7.63. The average molecular weight is 227 g/mol. The summed E-state index contributed by atoms with van der Waals surface area (Å²) < 4.78 is 0. The maximum absolute atomic E-state index is 9.25. The Morgan fingerprint density at radius 1 is 1.45 bits per heavy atom. The van der Waals surface area contributed by atoms with E-state index in [2.05, 4.69) is 0 Å². The molecule has 0 spiro atoms. The number of rotatable bonds is 2. The van der Waals surface area contributed by atoms with Crippen LogP contribution in [0.25, 0.3) is 0 Å². The fourth-order valence-electron chi connectivity index (χ4n) is 1.07. The van der Waals surface area contributed by atoms with Crippen LogP contribution in [0.3, 0.4) is 0 Å². The van der Waals surface area contributed by atoms with E-state index in [0.717, 1.165) is 0 Å². The molecule has 0 saturated carbocycles. The second kappa shape index (κ2) is 3.85. The Hall–Kier alpha value is 0.359. The quantitative estimate of drug-likeness (QED) is 0.411. The first-order valence-electron chi connectivity index (χ1n) is 3.43. The number of aliphatic hydroxyl groups is 4. The molecule has 66 valence electrons. The van der Waals surface area contributed by atoms with Crippen molar-refractivity contribution in [2.75, 3.05) is 6.61 Å². The molecule has 4 N–H and O–H groups in total. The van der Waals surface area contributed by atoms with Crippen molar-refractivity contribution < 1.29 is 20.4 Å². The molecule has 0 radical (unpaired) electrons. The maximum atomic E-state index is 9.25. The van der Waals surface area contributed by atoms with Gasteiger partial charge in [0.2, 0.25) is 0 Å². The van der Waals surface area contributed by atoms with Gasteiger partial charge in [-0.1, -0.05) is 0 Å². The van der Waals surface area contributed by atoms with Crippen LogP contribution in [0.4, 0.5) is 0 Å². The normalized spacial score (nSPS) is 40.9. The first-order valence-corrected chi connectivity index (χ1v) is 5.63. The third-order valence-corrected chi connectivity index (χ3v) is 4.93. The molecule has 1 aliphatic heterocycles. The predicted molar refractivity (Wildman–Crippen MR) is 39.4 cm³/mol. The van der Waals surface area contributed by atoms with Crippen molar-refractivity contribution in [2.24, 2.45) is 0 Å². The molecule has 0 bridgehead atoms. The van der Waals surface area contributed by atoms with Gasteiger partial charge in [0.15, 0.2) is 0 Å². The van der Waals surface area contributed by atoms with Crippen molar-refractivity contribution in [3.05, 3.63) is 0 Å². The second-order valence-electron chi connectivity index (χ2n) is 2.61. The molecule has 1 rings (SSSR count). The van der Waals surface area contributed by atoms with E-state index in [1.165, 1.54) is 0 Å². The Balaban J connectivity index is 2.47. The van der Waals surface area contributed by atoms with Gasteiger partial charge in [0.1, 0.15) is 0 Å². The van der Waals surface area contributed by atoms with E-state index in [1.807, 2.05) is 0 Å². The van der Waals surface area contributed by atoms with Gasteiger partial charge < -0.3 is 0 Å². The third-order valence-electron chi connectivity index (χ3n) is 1.76. The van der Waals surface area contributed by atoms with Crippen LogP contribution in [0.2, 0.25) is 10.1 Å². The van der Waals surface area contributed by atoms with Gasteiger partial charge in [0.25, 0.3) is 0 Å². The predicted octanol–water partition coefficient (Wildman–Crippen LogP) is -2.01. The van der Waals surface area contributed by atoms with E-state index in [-0.39, 0.29) is 26.4 Å². The Bertz CT molecular complexity index is 132. The van der Waals surface area contributed by atoms with Crippen LogP contribution in [0.5, 0.6) is 0 Å². The minimum absolute atomic E-state index is 0.0426. The summed E-state index contributed by atoms with van der Waals surface area (Å²) >= 11 is 0.0426. The monoisotopic (exact) mass is 228 g/mol. The van der Waals surface area contributed by atoms with Crippen molar-refractivity contribution >= 4 is 15.0 Å². The first kappa shape index (κ1) is 9.45. The molecule has 0 unspecified atom stereocenters. The Kier molecular flexibility index (Phi) is 3.30. The molecule has 1 aliphatic rings. The van der Waals surface area contributed by atoms with Crippen molar-refractivity contribution in [3.63, 3.8) is 0 Å². The standard InChI is InChI=1S/C6H12O4Se/c7-1-3(8)6-5(10)4(9)2-11-6/h3-10H,1-2H2/t3-,4-,5+,6+/m0/s1. The fraction of sp³-hybridized carbons (Fsp3) is 1.00. The molecular formula is C6H12O4Se. The van der Waals surface area contributed by atoms with Crippen LogP contribution in [0.1, 0.15) is 0 Å². The van der Waals surface area contributed by atoms with E-state index in [9.17, 15) is 5.11 Å². The zero-order chi connectivity index (χ0) is 8.43. The van der Waals surface area contributed by atoms with Crippen LogP contribution < -0.4 is 0 Å². The average Bonchev–Trinajstić information content (AvgIpc) is 2.32. The Labute approximate surface area is 71.0 Å². The first-order chi connectivity index (χ1) is 5.16. The molecule has 4 atom stereocenters. The van der Waals surface area contributed by atoms with Gasteiger partial charge in [-0.25, -0.2) is 0 Å². The third kappa shape index (κ3) is 1.93. The van der Waals surface area contributed by atoms with Crippen molar-refractivity contribution in [1.29, 1.82) is 0 Å². The SMILES string of the molecule is OC[C@H](O)[C@H]1[Se]C[C@H](O)[C@H]1O. The zero-order valence-electron chi connectivity index (χ0n) is 5.92. The van der Waals surface area contributed by atoms with E-state index in [1.54, 1.807) is 0 Å². The summed E-state index contributed by atoms with van der Waals surface area (Å²) in [6.07, 6.45) is -2.43. The summed E-state index contributed by atoms with van der Waals surface area (Å²) in [5.41, 5.74) is 0. The summed E-state index contributed by atoms with van der Waals surface area (Å²) in [4.78, 5) is -0.303. The second-order valence-corrected chi connectivity index (χ2v) is 5.15. The summed E-state index contributed by atoms with van der Waals surface area (Å²) in [7, 11) is 0. The summed E-state index contributed by atoms with van der Waals surface area (Å²) in [5.74, 6) is 0. The van der Waals surface area contributed by atoms with Gasteiger partial charge >= 0.3 is 70.4 Å². The molecule has 4 nitrogen and oxygen atoms in total. The number of aliphatic hydroxyl groups excluding tert-OH is 4. The molecule has 11 heavy (non-hydrogen) atoms. The van der Waals surface area contributed by atoms with Gasteiger partial charge in [-0.05, 0) is 0 Å². The molecule has 1 fully saturated rings. The minimum atomic E-state index is -0.873. The van der Waals surface area contributed by atoms with E-state index >= 15 is 0 Å². The topological polar surface area (TPSA) is 80.9 Å². The van der Waals surface area contributed by atoms with Crippen molar-refractivity contribution in [1.82, 2.24) is 0 Å². The van der Waals surface area contributed by atoms with Gasteiger partial charge in [-0.15, -0.1) is 0 Å². The molecular weight excluding hydrogens is 215 g/mol.